The van der Waals surface area contributed by atoms with E-state index >= 15 is 0 Å². The van der Waals surface area contributed by atoms with Gasteiger partial charge in [0.05, 0.1) is 5.56 Å². The zero-order valence-corrected chi connectivity index (χ0v) is 17.2. The van der Waals surface area contributed by atoms with Crippen molar-refractivity contribution in [1.82, 2.24) is 5.32 Å². The highest BCUT2D eigenvalue weighted by molar-refractivity contribution is 7.17. The molecule has 1 aromatic carbocycles. The van der Waals surface area contributed by atoms with Crippen LogP contribution in [0.2, 0.25) is 0 Å². The number of benzene rings is 1. The molecule has 0 spiro atoms. The monoisotopic (exact) mass is 384 g/mol. The molecule has 0 aliphatic heterocycles. The Morgan fingerprint density at radius 3 is 2.67 bits per heavy atom. The number of fused-ring (bicyclic) bond motifs is 1. The van der Waals surface area contributed by atoms with Crippen molar-refractivity contribution in [3.63, 3.8) is 0 Å². The van der Waals surface area contributed by atoms with E-state index in [1.165, 1.54) is 4.88 Å². The van der Waals surface area contributed by atoms with Gasteiger partial charge in [-0.3, -0.25) is 9.59 Å². The molecule has 0 atom stereocenters. The van der Waals surface area contributed by atoms with Gasteiger partial charge in [-0.25, -0.2) is 0 Å². The number of hydrogen-bond donors (Lipinski definition) is 2. The van der Waals surface area contributed by atoms with Gasteiger partial charge in [0, 0.05) is 17.0 Å². The Balaban J connectivity index is 1.90. The molecule has 1 aliphatic carbocycles. The normalized spacial score (nSPS) is 13.1. The summed E-state index contributed by atoms with van der Waals surface area (Å²) in [6.07, 6.45) is 6.16. The van der Waals surface area contributed by atoms with Crippen molar-refractivity contribution in [2.24, 2.45) is 0 Å². The first kappa shape index (κ1) is 19.6. The molecule has 0 radical (unpaired) electrons. The van der Waals surface area contributed by atoms with Gasteiger partial charge in [0.1, 0.15) is 5.00 Å². The molecule has 0 bridgehead atoms. The van der Waals surface area contributed by atoms with Gasteiger partial charge in [-0.1, -0.05) is 25.5 Å². The molecular formula is C22H28N2O2S. The molecule has 0 saturated carbocycles. The van der Waals surface area contributed by atoms with Crippen LogP contribution in [-0.2, 0) is 12.8 Å². The molecule has 0 unspecified atom stereocenters. The molecular weight excluding hydrogens is 356 g/mol. The Hall–Kier alpha value is -2.14. The van der Waals surface area contributed by atoms with Crippen LogP contribution in [0.25, 0.3) is 0 Å². The number of carbonyl (C=O) groups excluding carboxylic acids is 2. The van der Waals surface area contributed by atoms with Crippen molar-refractivity contribution >= 4 is 28.2 Å². The summed E-state index contributed by atoms with van der Waals surface area (Å²) in [7, 11) is 0. The lowest BCUT2D eigenvalue weighted by Crippen LogP contribution is -2.26. The molecule has 2 aromatic rings. The third-order valence-electron chi connectivity index (χ3n) is 5.29. The van der Waals surface area contributed by atoms with Crippen LogP contribution in [0.15, 0.2) is 18.2 Å². The quantitative estimate of drug-likeness (QED) is 0.687. The number of unbranched alkanes of at least 4 members (excludes halogenated alkanes) is 1. The van der Waals surface area contributed by atoms with E-state index in [0.29, 0.717) is 22.7 Å². The maximum Gasteiger partial charge on any atom is 0.256 e. The number of hydrogen-bond acceptors (Lipinski definition) is 3. The first-order chi connectivity index (χ1) is 13.0. The molecule has 144 valence electrons. The number of aryl methyl sites for hydroxylation is 2. The Morgan fingerprint density at radius 2 is 1.89 bits per heavy atom. The van der Waals surface area contributed by atoms with Gasteiger partial charge in [-0.15, -0.1) is 11.3 Å². The molecule has 1 heterocycles. The van der Waals surface area contributed by atoms with Crippen LogP contribution in [0.3, 0.4) is 0 Å². The van der Waals surface area contributed by atoms with E-state index in [2.05, 4.69) is 17.6 Å². The third-order valence-corrected chi connectivity index (χ3v) is 6.50. The predicted octanol–water partition coefficient (Wildman–Crippen LogP) is 5.03. The Labute approximate surface area is 165 Å². The van der Waals surface area contributed by atoms with Crippen molar-refractivity contribution in [3.05, 3.63) is 50.9 Å². The van der Waals surface area contributed by atoms with Crippen LogP contribution < -0.4 is 10.6 Å². The van der Waals surface area contributed by atoms with E-state index in [1.54, 1.807) is 11.3 Å². The van der Waals surface area contributed by atoms with Crippen molar-refractivity contribution in [2.75, 3.05) is 11.9 Å². The van der Waals surface area contributed by atoms with Crippen molar-refractivity contribution < 1.29 is 9.59 Å². The average Bonchev–Trinajstić information content (AvgIpc) is 3.01. The lowest BCUT2D eigenvalue weighted by molar-refractivity contribution is 0.0953. The van der Waals surface area contributed by atoms with Crippen LogP contribution >= 0.6 is 11.3 Å². The second kappa shape index (κ2) is 8.70. The van der Waals surface area contributed by atoms with Gasteiger partial charge >= 0.3 is 0 Å². The lowest BCUT2D eigenvalue weighted by Gasteiger charge is -2.13. The smallest absolute Gasteiger partial charge is 0.256 e. The van der Waals surface area contributed by atoms with E-state index in [4.69, 9.17) is 0 Å². The van der Waals surface area contributed by atoms with Gasteiger partial charge in [0.25, 0.3) is 11.8 Å². The van der Waals surface area contributed by atoms with Crippen molar-refractivity contribution in [1.29, 1.82) is 0 Å². The minimum Gasteiger partial charge on any atom is -0.352 e. The van der Waals surface area contributed by atoms with E-state index < -0.39 is 0 Å². The summed E-state index contributed by atoms with van der Waals surface area (Å²) in [5, 5.41) is 6.76. The maximum absolute atomic E-state index is 12.9. The van der Waals surface area contributed by atoms with Gasteiger partial charge < -0.3 is 10.6 Å². The maximum atomic E-state index is 12.9. The highest BCUT2D eigenvalue weighted by Gasteiger charge is 2.26. The minimum absolute atomic E-state index is 0.0564. The summed E-state index contributed by atoms with van der Waals surface area (Å²) in [5.41, 5.74) is 4.55. The van der Waals surface area contributed by atoms with Crippen LogP contribution in [0.5, 0.6) is 0 Å². The molecule has 4 nitrogen and oxygen atoms in total. The summed E-state index contributed by atoms with van der Waals surface area (Å²) >= 11 is 1.57. The average molecular weight is 385 g/mol. The van der Waals surface area contributed by atoms with Gasteiger partial charge in [0.2, 0.25) is 0 Å². The highest BCUT2D eigenvalue weighted by atomic mass is 32.1. The van der Waals surface area contributed by atoms with Crippen LogP contribution in [0, 0.1) is 13.8 Å². The summed E-state index contributed by atoms with van der Waals surface area (Å²) in [6, 6.07) is 5.74. The van der Waals surface area contributed by atoms with Crippen molar-refractivity contribution in [3.8, 4) is 0 Å². The number of thiophene rings is 1. The fraction of sp³-hybridized carbons (Fsp3) is 0.455. The molecule has 0 saturated heterocycles. The first-order valence-corrected chi connectivity index (χ1v) is 10.6. The Bertz CT molecular complexity index is 854. The largest absolute Gasteiger partial charge is 0.352 e. The standard InChI is InChI=1S/C22H28N2O2S/c1-4-5-13-23-21(26)19-17-10-6-7-12-18(17)27-22(19)24-20(25)16-11-8-9-14(2)15(16)3/h8-9,11H,4-7,10,12-13H2,1-3H3,(H,23,26)(H,24,25). The summed E-state index contributed by atoms with van der Waals surface area (Å²) in [4.78, 5) is 27.0. The van der Waals surface area contributed by atoms with E-state index in [0.717, 1.165) is 55.2 Å². The van der Waals surface area contributed by atoms with E-state index in [1.807, 2.05) is 32.0 Å². The topological polar surface area (TPSA) is 58.2 Å². The summed E-state index contributed by atoms with van der Waals surface area (Å²) in [6.45, 7) is 6.74. The lowest BCUT2D eigenvalue weighted by atomic mass is 9.95. The van der Waals surface area contributed by atoms with E-state index in [9.17, 15) is 9.59 Å². The molecule has 1 aliphatic rings. The van der Waals surface area contributed by atoms with E-state index in [-0.39, 0.29) is 11.8 Å². The first-order valence-electron chi connectivity index (χ1n) is 9.83. The fourth-order valence-electron chi connectivity index (χ4n) is 3.53. The van der Waals surface area contributed by atoms with Crippen molar-refractivity contribution in [2.45, 2.75) is 59.3 Å². The SMILES string of the molecule is CCCCNC(=O)c1c(NC(=O)c2cccc(C)c2C)sc2c1CCCC2. The second-order valence-electron chi connectivity index (χ2n) is 7.23. The second-order valence-corrected chi connectivity index (χ2v) is 8.33. The Kier molecular flexibility index (Phi) is 6.32. The number of rotatable bonds is 6. The minimum atomic E-state index is -0.141. The number of carbonyl (C=O) groups is 2. The van der Waals surface area contributed by atoms with Crippen LogP contribution in [0.4, 0.5) is 5.00 Å². The predicted molar refractivity (Wildman–Crippen MR) is 112 cm³/mol. The van der Waals surface area contributed by atoms with Crippen LogP contribution in [-0.4, -0.2) is 18.4 Å². The zero-order valence-electron chi connectivity index (χ0n) is 16.4. The molecule has 27 heavy (non-hydrogen) atoms. The van der Waals surface area contributed by atoms with Crippen LogP contribution in [0.1, 0.15) is 74.9 Å². The summed E-state index contributed by atoms with van der Waals surface area (Å²) < 4.78 is 0. The Morgan fingerprint density at radius 1 is 1.11 bits per heavy atom. The molecule has 3 rings (SSSR count). The molecule has 2 amide bonds. The molecule has 5 heteroatoms. The number of amides is 2. The fourth-order valence-corrected chi connectivity index (χ4v) is 4.81. The molecule has 0 fully saturated rings. The van der Waals surface area contributed by atoms with Gasteiger partial charge in [-0.05, 0) is 68.7 Å². The molecule has 1 aromatic heterocycles. The van der Waals surface area contributed by atoms with Gasteiger partial charge in [-0.2, -0.15) is 0 Å². The third kappa shape index (κ3) is 4.24. The summed E-state index contributed by atoms with van der Waals surface area (Å²) in [5.74, 6) is -0.198. The highest BCUT2D eigenvalue weighted by Crippen LogP contribution is 2.38. The number of nitrogens with one attached hydrogen (secondary N) is 2. The molecule has 2 N–H and O–H groups in total. The zero-order chi connectivity index (χ0) is 19.4. The number of anilines is 1. The van der Waals surface area contributed by atoms with Gasteiger partial charge in [0.15, 0.2) is 0 Å².